The summed E-state index contributed by atoms with van der Waals surface area (Å²) in [6.07, 6.45) is 1.51. The molecule has 0 N–H and O–H groups in total. The van der Waals surface area contributed by atoms with E-state index >= 15 is 0 Å². The summed E-state index contributed by atoms with van der Waals surface area (Å²) >= 11 is 1.47. The van der Waals surface area contributed by atoms with Crippen molar-refractivity contribution >= 4 is 17.1 Å². The van der Waals surface area contributed by atoms with Gasteiger partial charge in [-0.1, -0.05) is 0 Å². The second kappa shape index (κ2) is 3.42. The van der Waals surface area contributed by atoms with Gasteiger partial charge in [0.25, 0.3) is 0 Å². The first-order valence-electron chi connectivity index (χ1n) is 4.32. The van der Waals surface area contributed by atoms with E-state index in [0.29, 0.717) is 5.56 Å². The zero-order valence-corrected chi connectivity index (χ0v) is 8.85. The molecule has 0 fully saturated rings. The molecule has 2 nitrogen and oxygen atoms in total. The number of aryl methyl sites for hydroxylation is 2. The Morgan fingerprint density at radius 3 is 2.71 bits per heavy atom. The Balaban J connectivity index is 2.38. The average Bonchev–Trinajstić information content (AvgIpc) is 2.73. The summed E-state index contributed by atoms with van der Waals surface area (Å²) in [5.74, 6) is 0.817. The van der Waals surface area contributed by atoms with Gasteiger partial charge in [-0.25, -0.2) is 0 Å². The van der Waals surface area contributed by atoms with Crippen LogP contribution < -0.4 is 0 Å². The molecule has 2 rings (SSSR count). The Bertz CT molecular complexity index is 465. The van der Waals surface area contributed by atoms with Gasteiger partial charge in [0.2, 0.25) is 5.78 Å². The molecule has 0 saturated carbocycles. The molecule has 0 aliphatic rings. The second-order valence-electron chi connectivity index (χ2n) is 3.21. The van der Waals surface area contributed by atoms with Crippen molar-refractivity contribution in [2.24, 2.45) is 0 Å². The highest BCUT2D eigenvalue weighted by atomic mass is 32.1. The lowest BCUT2D eigenvalue weighted by molar-refractivity contribution is 0.104. The molecular weight excluding hydrogens is 196 g/mol. The summed E-state index contributed by atoms with van der Waals surface area (Å²) in [6, 6.07) is 3.71. The smallest absolute Gasteiger partial charge is 0.206 e. The molecule has 72 valence electrons. The molecule has 0 radical (unpaired) electrons. The van der Waals surface area contributed by atoms with Crippen LogP contribution in [0.2, 0.25) is 0 Å². The Morgan fingerprint density at radius 2 is 2.21 bits per heavy atom. The minimum atomic E-state index is 0.0503. The molecule has 0 amide bonds. The second-order valence-corrected chi connectivity index (χ2v) is 4.12. The Labute approximate surface area is 86.2 Å². The molecule has 14 heavy (non-hydrogen) atoms. The molecule has 3 heteroatoms. The molecule has 2 heterocycles. The Morgan fingerprint density at radius 1 is 1.43 bits per heavy atom. The van der Waals surface area contributed by atoms with Crippen molar-refractivity contribution < 1.29 is 9.21 Å². The zero-order valence-electron chi connectivity index (χ0n) is 8.03. The maximum atomic E-state index is 11.9. The van der Waals surface area contributed by atoms with E-state index in [0.717, 1.165) is 16.2 Å². The third kappa shape index (κ3) is 1.51. The van der Waals surface area contributed by atoms with E-state index in [9.17, 15) is 4.79 Å². The van der Waals surface area contributed by atoms with E-state index in [-0.39, 0.29) is 5.78 Å². The maximum absolute atomic E-state index is 11.9. The molecule has 0 aliphatic heterocycles. The molecule has 0 aliphatic carbocycles. The number of furan rings is 1. The highest BCUT2D eigenvalue weighted by Crippen LogP contribution is 2.20. The van der Waals surface area contributed by atoms with Crippen LogP contribution in [0.3, 0.4) is 0 Å². The monoisotopic (exact) mass is 206 g/mol. The van der Waals surface area contributed by atoms with Gasteiger partial charge in [-0.05, 0) is 36.9 Å². The van der Waals surface area contributed by atoms with E-state index < -0.39 is 0 Å². The summed E-state index contributed by atoms with van der Waals surface area (Å²) in [5, 5.41) is 1.93. The predicted molar refractivity (Wildman–Crippen MR) is 55.9 cm³/mol. The minimum Gasteiger partial charge on any atom is -0.469 e. The highest BCUT2D eigenvalue weighted by molar-refractivity contribution is 7.12. The lowest BCUT2D eigenvalue weighted by Crippen LogP contribution is -1.97. The third-order valence-electron chi connectivity index (χ3n) is 2.06. The van der Waals surface area contributed by atoms with E-state index in [1.54, 1.807) is 6.07 Å². The first-order chi connectivity index (χ1) is 6.68. The van der Waals surface area contributed by atoms with Gasteiger partial charge >= 0.3 is 0 Å². The van der Waals surface area contributed by atoms with E-state index in [1.165, 1.54) is 17.6 Å². The van der Waals surface area contributed by atoms with Gasteiger partial charge in [0, 0.05) is 0 Å². The van der Waals surface area contributed by atoms with Gasteiger partial charge in [0.15, 0.2) is 0 Å². The van der Waals surface area contributed by atoms with Crippen LogP contribution in [0.15, 0.2) is 28.2 Å². The Hall–Kier alpha value is -1.35. The minimum absolute atomic E-state index is 0.0503. The maximum Gasteiger partial charge on any atom is 0.206 e. The quantitative estimate of drug-likeness (QED) is 0.706. The predicted octanol–water partition coefficient (Wildman–Crippen LogP) is 3.19. The number of rotatable bonds is 2. The summed E-state index contributed by atoms with van der Waals surface area (Å²) in [6.45, 7) is 3.77. The molecule has 2 aromatic heterocycles. The van der Waals surface area contributed by atoms with Crippen molar-refractivity contribution in [1.82, 2.24) is 0 Å². The SMILES string of the molecule is Cc1cc(C(=O)c2sccc2C)co1. The van der Waals surface area contributed by atoms with Gasteiger partial charge in [0.05, 0.1) is 10.4 Å². The molecular formula is C11H10O2S. The van der Waals surface area contributed by atoms with Crippen molar-refractivity contribution in [1.29, 1.82) is 0 Å². The molecule has 2 aromatic rings. The first-order valence-corrected chi connectivity index (χ1v) is 5.20. The number of ketones is 1. The van der Waals surface area contributed by atoms with Crippen LogP contribution in [0, 0.1) is 13.8 Å². The molecule has 0 spiro atoms. The van der Waals surface area contributed by atoms with Crippen molar-refractivity contribution in [3.63, 3.8) is 0 Å². The average molecular weight is 206 g/mol. The van der Waals surface area contributed by atoms with Crippen LogP contribution in [0.4, 0.5) is 0 Å². The molecule has 0 unspecified atom stereocenters. The molecule has 0 saturated heterocycles. The van der Waals surface area contributed by atoms with Crippen LogP contribution in [0.5, 0.6) is 0 Å². The number of carbonyl (C=O) groups excluding carboxylic acids is 1. The third-order valence-corrected chi connectivity index (χ3v) is 3.08. The lowest BCUT2D eigenvalue weighted by Gasteiger charge is -1.94. The van der Waals surface area contributed by atoms with E-state index in [1.807, 2.05) is 25.3 Å². The lowest BCUT2D eigenvalue weighted by atomic mass is 10.1. The zero-order chi connectivity index (χ0) is 10.1. The fourth-order valence-corrected chi connectivity index (χ4v) is 2.19. The number of hydrogen-bond donors (Lipinski definition) is 0. The standard InChI is InChI=1S/C11H10O2S/c1-7-3-4-14-11(7)10(12)9-5-8(2)13-6-9/h3-6H,1-2H3. The van der Waals surface area contributed by atoms with Crippen LogP contribution in [-0.4, -0.2) is 5.78 Å². The number of thiophene rings is 1. The van der Waals surface area contributed by atoms with Crippen LogP contribution in [0.25, 0.3) is 0 Å². The highest BCUT2D eigenvalue weighted by Gasteiger charge is 2.14. The normalized spacial score (nSPS) is 10.4. The largest absolute Gasteiger partial charge is 0.469 e. The summed E-state index contributed by atoms with van der Waals surface area (Å²) < 4.78 is 5.11. The van der Waals surface area contributed by atoms with E-state index in [4.69, 9.17) is 4.42 Å². The van der Waals surface area contributed by atoms with Gasteiger partial charge in [-0.2, -0.15) is 0 Å². The summed E-state index contributed by atoms with van der Waals surface area (Å²) in [7, 11) is 0. The Kier molecular flexibility index (Phi) is 2.25. The van der Waals surface area contributed by atoms with E-state index in [2.05, 4.69) is 0 Å². The topological polar surface area (TPSA) is 30.2 Å². The number of hydrogen-bond acceptors (Lipinski definition) is 3. The van der Waals surface area contributed by atoms with Gasteiger partial charge in [-0.3, -0.25) is 4.79 Å². The van der Waals surface area contributed by atoms with Gasteiger partial charge in [0.1, 0.15) is 12.0 Å². The molecule has 0 aromatic carbocycles. The summed E-state index contributed by atoms with van der Waals surface area (Å²) in [4.78, 5) is 12.7. The van der Waals surface area contributed by atoms with Gasteiger partial charge < -0.3 is 4.42 Å². The summed E-state index contributed by atoms with van der Waals surface area (Å²) in [5.41, 5.74) is 1.66. The van der Waals surface area contributed by atoms with Crippen LogP contribution in [-0.2, 0) is 0 Å². The van der Waals surface area contributed by atoms with Crippen molar-refractivity contribution in [3.8, 4) is 0 Å². The first kappa shape index (κ1) is 9.21. The van der Waals surface area contributed by atoms with Crippen LogP contribution >= 0.6 is 11.3 Å². The fourth-order valence-electron chi connectivity index (χ4n) is 1.30. The van der Waals surface area contributed by atoms with Crippen molar-refractivity contribution in [3.05, 3.63) is 45.5 Å². The fraction of sp³-hybridized carbons (Fsp3) is 0.182. The van der Waals surface area contributed by atoms with Crippen molar-refractivity contribution in [2.45, 2.75) is 13.8 Å². The van der Waals surface area contributed by atoms with Gasteiger partial charge in [-0.15, -0.1) is 11.3 Å². The molecule has 0 bridgehead atoms. The molecule has 0 atom stereocenters. The number of carbonyl (C=O) groups is 1. The van der Waals surface area contributed by atoms with Crippen molar-refractivity contribution in [2.75, 3.05) is 0 Å². The van der Waals surface area contributed by atoms with Crippen LogP contribution in [0.1, 0.15) is 26.6 Å².